The van der Waals surface area contributed by atoms with Crippen LogP contribution >= 0.6 is 11.3 Å². The molecule has 23 heavy (non-hydrogen) atoms. The van der Waals surface area contributed by atoms with Gasteiger partial charge >= 0.3 is 6.03 Å². The van der Waals surface area contributed by atoms with Crippen LogP contribution in [0.2, 0.25) is 0 Å². The molecular formula is C16H17N5OS. The molecule has 3 rings (SSSR count). The summed E-state index contributed by atoms with van der Waals surface area (Å²) in [5, 5.41) is 11.9. The lowest BCUT2D eigenvalue weighted by Gasteiger charge is -2.12. The van der Waals surface area contributed by atoms with Crippen LogP contribution in [-0.4, -0.2) is 21.2 Å². The Kier molecular flexibility index (Phi) is 4.38. The zero-order valence-electron chi connectivity index (χ0n) is 12.8. The lowest BCUT2D eigenvalue weighted by Crippen LogP contribution is -2.19. The summed E-state index contributed by atoms with van der Waals surface area (Å²) in [7, 11) is 0. The van der Waals surface area contributed by atoms with Crippen LogP contribution in [0.15, 0.2) is 42.0 Å². The predicted octanol–water partition coefficient (Wildman–Crippen LogP) is 3.97. The van der Waals surface area contributed by atoms with Gasteiger partial charge in [0.1, 0.15) is 5.82 Å². The highest BCUT2D eigenvalue weighted by Crippen LogP contribution is 2.30. The van der Waals surface area contributed by atoms with Gasteiger partial charge in [-0.15, -0.1) is 11.3 Å². The molecule has 118 valence electrons. The van der Waals surface area contributed by atoms with Crippen molar-refractivity contribution in [3.05, 3.63) is 58.2 Å². The van der Waals surface area contributed by atoms with Gasteiger partial charge in [0.2, 0.25) is 0 Å². The van der Waals surface area contributed by atoms with Crippen LogP contribution in [0, 0.1) is 6.92 Å². The number of carbonyl (C=O) groups excluding carboxylic acids is 1. The van der Waals surface area contributed by atoms with Gasteiger partial charge in [-0.3, -0.25) is 10.4 Å². The Morgan fingerprint density at radius 2 is 2.00 bits per heavy atom. The van der Waals surface area contributed by atoms with Crippen molar-refractivity contribution in [2.24, 2.45) is 0 Å². The fourth-order valence-electron chi connectivity index (χ4n) is 2.34. The minimum atomic E-state index is -0.312. The van der Waals surface area contributed by atoms with Crippen LogP contribution in [0.3, 0.4) is 0 Å². The lowest BCUT2D eigenvalue weighted by atomic mass is 9.98. The van der Waals surface area contributed by atoms with E-state index >= 15 is 0 Å². The number of H-pyrrole nitrogens is 1. The first-order valence-corrected chi connectivity index (χ1v) is 8.09. The maximum absolute atomic E-state index is 11.9. The van der Waals surface area contributed by atoms with Crippen LogP contribution in [0.5, 0.6) is 0 Å². The van der Waals surface area contributed by atoms with Gasteiger partial charge in [0, 0.05) is 22.5 Å². The zero-order valence-corrected chi connectivity index (χ0v) is 13.6. The van der Waals surface area contributed by atoms with E-state index in [2.05, 4.69) is 32.7 Å². The molecular weight excluding hydrogens is 310 g/mol. The largest absolute Gasteiger partial charge is 0.324 e. The van der Waals surface area contributed by atoms with Crippen LogP contribution in [-0.2, 0) is 0 Å². The molecule has 0 aliphatic heterocycles. The number of nitrogens with zero attached hydrogens (tertiary/aromatic N) is 2. The summed E-state index contributed by atoms with van der Waals surface area (Å²) >= 11 is 1.67. The van der Waals surface area contributed by atoms with Crippen molar-refractivity contribution in [1.29, 1.82) is 0 Å². The Labute approximate surface area is 138 Å². The molecule has 0 fully saturated rings. The quantitative estimate of drug-likeness (QED) is 0.678. The van der Waals surface area contributed by atoms with Crippen LogP contribution in [0.1, 0.15) is 29.0 Å². The van der Waals surface area contributed by atoms with Crippen LogP contribution < -0.4 is 10.6 Å². The molecule has 0 spiro atoms. The maximum Gasteiger partial charge on any atom is 0.324 e. The Balaban J connectivity index is 1.65. The average molecular weight is 327 g/mol. The minimum Gasteiger partial charge on any atom is -0.308 e. The molecule has 2 aromatic heterocycles. The summed E-state index contributed by atoms with van der Waals surface area (Å²) in [6.45, 7) is 4.19. The highest BCUT2D eigenvalue weighted by atomic mass is 32.1. The topological polar surface area (TPSA) is 82.7 Å². The van der Waals surface area contributed by atoms with Crippen LogP contribution in [0.4, 0.5) is 16.3 Å². The van der Waals surface area contributed by atoms with Crippen molar-refractivity contribution in [2.45, 2.75) is 19.8 Å². The first-order chi connectivity index (χ1) is 11.1. The molecule has 0 unspecified atom stereocenters. The van der Waals surface area contributed by atoms with Crippen LogP contribution in [0.25, 0.3) is 0 Å². The SMILES string of the molecule is Cc1ncsc1[C@H](C)c1ccc(NC(=O)Nc2ccn[nH]2)cc1. The number of carbonyl (C=O) groups is 1. The third kappa shape index (κ3) is 3.57. The normalized spacial score (nSPS) is 11.9. The molecule has 0 aliphatic carbocycles. The van der Waals surface area contributed by atoms with E-state index in [-0.39, 0.29) is 11.9 Å². The molecule has 3 aromatic rings. The second-order valence-corrected chi connectivity index (χ2v) is 6.08. The van der Waals surface area contributed by atoms with Gasteiger partial charge in [-0.2, -0.15) is 5.10 Å². The van der Waals surface area contributed by atoms with Crippen molar-refractivity contribution < 1.29 is 4.79 Å². The smallest absolute Gasteiger partial charge is 0.308 e. The van der Waals surface area contributed by atoms with Crippen molar-refractivity contribution >= 4 is 28.9 Å². The van der Waals surface area contributed by atoms with Gasteiger partial charge < -0.3 is 5.32 Å². The predicted molar refractivity (Wildman–Crippen MR) is 92.0 cm³/mol. The van der Waals surface area contributed by atoms with E-state index in [1.54, 1.807) is 23.6 Å². The van der Waals surface area contributed by atoms with Gasteiger partial charge in [-0.25, -0.2) is 9.78 Å². The van der Waals surface area contributed by atoms with Gasteiger partial charge in [-0.05, 0) is 24.6 Å². The molecule has 0 bridgehead atoms. The lowest BCUT2D eigenvalue weighted by molar-refractivity contribution is 0.262. The Bertz CT molecular complexity index is 779. The summed E-state index contributed by atoms with van der Waals surface area (Å²) in [5.74, 6) is 0.837. The van der Waals surface area contributed by atoms with Gasteiger partial charge in [0.05, 0.1) is 17.4 Å². The number of aromatic amines is 1. The molecule has 3 N–H and O–H groups in total. The van der Waals surface area contributed by atoms with E-state index in [1.165, 1.54) is 10.4 Å². The maximum atomic E-state index is 11.9. The third-order valence-corrected chi connectivity index (χ3v) is 4.71. The molecule has 7 heteroatoms. The third-order valence-electron chi connectivity index (χ3n) is 3.59. The molecule has 0 radical (unpaired) electrons. The van der Waals surface area contributed by atoms with Gasteiger partial charge in [0.15, 0.2) is 0 Å². The van der Waals surface area contributed by atoms with E-state index in [0.29, 0.717) is 5.82 Å². The van der Waals surface area contributed by atoms with Gasteiger partial charge in [-0.1, -0.05) is 19.1 Å². The van der Waals surface area contributed by atoms with E-state index < -0.39 is 0 Å². The molecule has 6 nitrogen and oxygen atoms in total. The monoisotopic (exact) mass is 327 g/mol. The Morgan fingerprint density at radius 3 is 2.61 bits per heavy atom. The zero-order chi connectivity index (χ0) is 16.2. The highest BCUT2D eigenvalue weighted by Gasteiger charge is 2.13. The Hall–Kier alpha value is -2.67. The van der Waals surface area contributed by atoms with E-state index in [9.17, 15) is 4.79 Å². The molecule has 2 heterocycles. The van der Waals surface area contributed by atoms with E-state index in [0.717, 1.165) is 11.4 Å². The number of hydrogen-bond donors (Lipinski definition) is 3. The Morgan fingerprint density at radius 1 is 1.22 bits per heavy atom. The number of urea groups is 1. The number of benzene rings is 1. The number of anilines is 2. The fraction of sp³-hybridized carbons (Fsp3) is 0.188. The number of aromatic nitrogens is 3. The standard InChI is InChI=1S/C16H17N5OS/c1-10(15-11(2)17-9-23-15)12-3-5-13(6-4-12)19-16(22)20-14-7-8-18-21-14/h3-10H,1-2H3,(H3,18,19,20,21,22)/t10-/m1/s1. The summed E-state index contributed by atoms with van der Waals surface area (Å²) in [4.78, 5) is 17.4. The van der Waals surface area contributed by atoms with Crippen molar-refractivity contribution in [1.82, 2.24) is 15.2 Å². The van der Waals surface area contributed by atoms with Crippen molar-refractivity contribution in [3.63, 3.8) is 0 Å². The molecule has 0 saturated carbocycles. The second kappa shape index (κ2) is 6.62. The number of thiazole rings is 1. The second-order valence-electron chi connectivity index (χ2n) is 5.20. The number of amides is 2. The molecule has 1 aromatic carbocycles. The van der Waals surface area contributed by atoms with E-state index in [1.807, 2.05) is 36.7 Å². The molecule has 1 atom stereocenters. The fourth-order valence-corrected chi connectivity index (χ4v) is 3.23. The highest BCUT2D eigenvalue weighted by molar-refractivity contribution is 7.09. The van der Waals surface area contributed by atoms with Crippen molar-refractivity contribution in [3.8, 4) is 0 Å². The summed E-state index contributed by atoms with van der Waals surface area (Å²) in [5.41, 5.74) is 4.87. The number of rotatable bonds is 4. The molecule has 0 aliphatic rings. The van der Waals surface area contributed by atoms with Gasteiger partial charge in [0.25, 0.3) is 0 Å². The number of hydrogen-bond acceptors (Lipinski definition) is 4. The number of nitrogens with one attached hydrogen (secondary N) is 3. The minimum absolute atomic E-state index is 0.287. The molecule has 2 amide bonds. The average Bonchev–Trinajstić information content (AvgIpc) is 3.19. The summed E-state index contributed by atoms with van der Waals surface area (Å²) in [6.07, 6.45) is 1.58. The number of aryl methyl sites for hydroxylation is 1. The summed E-state index contributed by atoms with van der Waals surface area (Å²) < 4.78 is 0. The van der Waals surface area contributed by atoms with Crippen molar-refractivity contribution in [2.75, 3.05) is 10.6 Å². The molecule has 0 saturated heterocycles. The first-order valence-electron chi connectivity index (χ1n) is 7.21. The summed E-state index contributed by atoms with van der Waals surface area (Å²) in [6, 6.07) is 9.21. The first kappa shape index (κ1) is 15.2. The van der Waals surface area contributed by atoms with E-state index in [4.69, 9.17) is 0 Å².